The molecular formula is C18H19N3O3S. The molecule has 0 saturated carbocycles. The molecule has 25 heavy (non-hydrogen) atoms. The highest BCUT2D eigenvalue weighted by Gasteiger charge is 2.35. The molecule has 0 aliphatic carbocycles. The Morgan fingerprint density at radius 1 is 1.20 bits per heavy atom. The van der Waals surface area contributed by atoms with Gasteiger partial charge in [-0.3, -0.25) is 25.2 Å². The van der Waals surface area contributed by atoms with Crippen LogP contribution in [0.2, 0.25) is 0 Å². The molecule has 1 saturated heterocycles. The number of benzene rings is 1. The molecule has 0 bridgehead atoms. The molecule has 1 aliphatic rings. The van der Waals surface area contributed by atoms with Crippen LogP contribution in [-0.4, -0.2) is 24.3 Å². The van der Waals surface area contributed by atoms with Crippen molar-refractivity contribution in [2.24, 2.45) is 5.92 Å². The normalized spacial score (nSPS) is 16.8. The van der Waals surface area contributed by atoms with Gasteiger partial charge in [-0.05, 0) is 35.6 Å². The van der Waals surface area contributed by atoms with Crippen LogP contribution in [0.5, 0.6) is 0 Å². The van der Waals surface area contributed by atoms with Gasteiger partial charge in [0.15, 0.2) is 0 Å². The molecule has 2 N–H and O–H groups in total. The van der Waals surface area contributed by atoms with E-state index in [1.807, 2.05) is 24.3 Å². The van der Waals surface area contributed by atoms with Crippen LogP contribution >= 0.6 is 11.3 Å². The van der Waals surface area contributed by atoms with E-state index < -0.39 is 5.92 Å². The van der Waals surface area contributed by atoms with Gasteiger partial charge in [-0.25, -0.2) is 0 Å². The largest absolute Gasteiger partial charge is 0.312 e. The van der Waals surface area contributed by atoms with Crippen molar-refractivity contribution in [3.05, 3.63) is 52.2 Å². The fourth-order valence-electron chi connectivity index (χ4n) is 2.73. The number of amides is 3. The smallest absolute Gasteiger partial charge is 0.279 e. The lowest BCUT2D eigenvalue weighted by Gasteiger charge is -2.17. The zero-order valence-electron chi connectivity index (χ0n) is 13.8. The van der Waals surface area contributed by atoms with Crippen LogP contribution in [0.15, 0.2) is 41.8 Å². The number of carbonyl (C=O) groups is 3. The first-order chi connectivity index (χ1) is 12.1. The summed E-state index contributed by atoms with van der Waals surface area (Å²) in [6.07, 6.45) is 1.07. The van der Waals surface area contributed by atoms with Crippen LogP contribution in [0.25, 0.3) is 0 Å². The van der Waals surface area contributed by atoms with Crippen molar-refractivity contribution >= 4 is 34.7 Å². The monoisotopic (exact) mass is 357 g/mol. The first-order valence-corrected chi connectivity index (χ1v) is 8.99. The molecule has 0 spiro atoms. The molecule has 0 radical (unpaired) electrons. The van der Waals surface area contributed by atoms with Gasteiger partial charge in [0.25, 0.3) is 5.91 Å². The van der Waals surface area contributed by atoms with E-state index in [-0.39, 0.29) is 24.1 Å². The minimum atomic E-state index is -0.484. The quantitative estimate of drug-likeness (QED) is 0.823. The van der Waals surface area contributed by atoms with E-state index in [4.69, 9.17) is 0 Å². The lowest BCUT2D eigenvalue weighted by Crippen LogP contribution is -2.44. The van der Waals surface area contributed by atoms with Crippen LogP contribution in [0, 0.1) is 5.92 Å². The number of carbonyl (C=O) groups excluding carboxylic acids is 3. The average Bonchev–Trinajstić information content (AvgIpc) is 3.29. The molecule has 7 heteroatoms. The van der Waals surface area contributed by atoms with Gasteiger partial charge in [-0.2, -0.15) is 0 Å². The highest BCUT2D eigenvalue weighted by molar-refractivity contribution is 7.12. The molecule has 2 aromatic rings. The summed E-state index contributed by atoms with van der Waals surface area (Å²) in [7, 11) is 0. The number of rotatable bonds is 4. The van der Waals surface area contributed by atoms with Gasteiger partial charge in [-0.15, -0.1) is 11.3 Å². The molecule has 2 heterocycles. The molecule has 1 aromatic heterocycles. The van der Waals surface area contributed by atoms with Gasteiger partial charge >= 0.3 is 0 Å². The van der Waals surface area contributed by atoms with E-state index in [2.05, 4.69) is 17.8 Å². The zero-order chi connectivity index (χ0) is 17.8. The number of anilines is 1. The Morgan fingerprint density at radius 3 is 2.60 bits per heavy atom. The summed E-state index contributed by atoms with van der Waals surface area (Å²) in [5.41, 5.74) is 6.79. The van der Waals surface area contributed by atoms with Crippen LogP contribution < -0.4 is 15.8 Å². The second kappa shape index (κ2) is 7.48. The molecule has 3 rings (SSSR count). The summed E-state index contributed by atoms with van der Waals surface area (Å²) in [6, 6.07) is 11.2. The van der Waals surface area contributed by atoms with Crippen molar-refractivity contribution in [2.45, 2.75) is 19.8 Å². The van der Waals surface area contributed by atoms with Crippen molar-refractivity contribution in [1.29, 1.82) is 0 Å². The van der Waals surface area contributed by atoms with Gasteiger partial charge in [0.2, 0.25) is 11.8 Å². The molecule has 1 atom stereocenters. The fraction of sp³-hybridized carbons (Fsp3) is 0.278. The van der Waals surface area contributed by atoms with Crippen LogP contribution in [0.1, 0.15) is 28.6 Å². The Labute approximate surface area is 149 Å². The summed E-state index contributed by atoms with van der Waals surface area (Å²) in [5.74, 6) is -1.29. The number of hydrogen-bond donors (Lipinski definition) is 2. The highest BCUT2D eigenvalue weighted by atomic mass is 32.1. The van der Waals surface area contributed by atoms with Gasteiger partial charge in [0.1, 0.15) is 0 Å². The minimum Gasteiger partial charge on any atom is -0.312 e. The molecule has 0 unspecified atom stereocenters. The predicted octanol–water partition coefficient (Wildman–Crippen LogP) is 2.12. The number of hydrogen-bond acceptors (Lipinski definition) is 4. The topological polar surface area (TPSA) is 78.5 Å². The Kier molecular flexibility index (Phi) is 5.14. The summed E-state index contributed by atoms with van der Waals surface area (Å²) in [4.78, 5) is 38.4. The van der Waals surface area contributed by atoms with E-state index in [0.29, 0.717) is 11.4 Å². The van der Waals surface area contributed by atoms with Gasteiger partial charge in [0, 0.05) is 18.7 Å². The minimum absolute atomic E-state index is 0.0889. The van der Waals surface area contributed by atoms with Crippen molar-refractivity contribution in [2.75, 3.05) is 11.4 Å². The summed E-state index contributed by atoms with van der Waals surface area (Å²) in [5, 5.41) is 1.79. The van der Waals surface area contributed by atoms with Crippen LogP contribution in [0.3, 0.4) is 0 Å². The third kappa shape index (κ3) is 3.88. The Bertz CT molecular complexity index is 771. The van der Waals surface area contributed by atoms with Crippen molar-refractivity contribution in [3.63, 3.8) is 0 Å². The lowest BCUT2D eigenvalue weighted by atomic mass is 10.1. The SMILES string of the molecule is CCc1ccc(N2C[C@H](C(=O)NNC(=O)c3cccs3)CC2=O)cc1. The third-order valence-electron chi connectivity index (χ3n) is 4.20. The lowest BCUT2D eigenvalue weighted by molar-refractivity contribution is -0.126. The van der Waals surface area contributed by atoms with Gasteiger partial charge in [0.05, 0.1) is 10.8 Å². The Hall–Kier alpha value is -2.67. The first kappa shape index (κ1) is 17.2. The summed E-state index contributed by atoms with van der Waals surface area (Å²) >= 11 is 1.29. The van der Waals surface area contributed by atoms with Gasteiger partial charge < -0.3 is 4.90 Å². The number of thiophene rings is 1. The van der Waals surface area contributed by atoms with E-state index in [1.165, 1.54) is 16.9 Å². The van der Waals surface area contributed by atoms with E-state index in [9.17, 15) is 14.4 Å². The van der Waals surface area contributed by atoms with Crippen molar-refractivity contribution < 1.29 is 14.4 Å². The molecule has 1 fully saturated rings. The summed E-state index contributed by atoms with van der Waals surface area (Å²) < 4.78 is 0. The molecule has 1 aliphatic heterocycles. The maximum absolute atomic E-state index is 12.2. The number of hydrazine groups is 1. The van der Waals surface area contributed by atoms with E-state index in [0.717, 1.165) is 12.1 Å². The maximum Gasteiger partial charge on any atom is 0.279 e. The summed E-state index contributed by atoms with van der Waals surface area (Å²) in [6.45, 7) is 2.38. The van der Waals surface area contributed by atoms with Crippen LogP contribution in [0.4, 0.5) is 5.69 Å². The Morgan fingerprint density at radius 2 is 1.96 bits per heavy atom. The second-order valence-electron chi connectivity index (χ2n) is 5.85. The van der Waals surface area contributed by atoms with Gasteiger partial charge in [-0.1, -0.05) is 25.1 Å². The third-order valence-corrected chi connectivity index (χ3v) is 5.06. The maximum atomic E-state index is 12.2. The highest BCUT2D eigenvalue weighted by Crippen LogP contribution is 2.25. The van der Waals surface area contributed by atoms with Crippen LogP contribution in [-0.2, 0) is 16.0 Å². The average molecular weight is 357 g/mol. The molecule has 3 amide bonds. The standard InChI is InChI=1S/C18H19N3O3S/c1-2-12-5-7-14(8-6-12)21-11-13(10-16(21)22)17(23)19-20-18(24)15-4-3-9-25-15/h3-9,13H,2,10-11H2,1H3,(H,19,23)(H,20,24)/t13-/m1/s1. The second-order valence-corrected chi connectivity index (χ2v) is 6.79. The number of nitrogens with zero attached hydrogens (tertiary/aromatic N) is 1. The molecular weight excluding hydrogens is 338 g/mol. The fourth-order valence-corrected chi connectivity index (χ4v) is 3.35. The van der Waals surface area contributed by atoms with E-state index in [1.54, 1.807) is 22.4 Å². The molecule has 130 valence electrons. The zero-order valence-corrected chi connectivity index (χ0v) is 14.6. The molecule has 6 nitrogen and oxygen atoms in total. The first-order valence-electron chi connectivity index (χ1n) is 8.11. The predicted molar refractivity (Wildman–Crippen MR) is 96.2 cm³/mol. The molecule has 1 aromatic carbocycles. The van der Waals surface area contributed by atoms with E-state index >= 15 is 0 Å². The number of nitrogens with one attached hydrogen (secondary N) is 2. The number of aryl methyl sites for hydroxylation is 1. The Balaban J connectivity index is 1.57. The van der Waals surface area contributed by atoms with Crippen molar-refractivity contribution in [1.82, 2.24) is 10.9 Å². The van der Waals surface area contributed by atoms with Crippen molar-refractivity contribution in [3.8, 4) is 0 Å².